The van der Waals surface area contributed by atoms with E-state index in [1.54, 1.807) is 37.8 Å². The van der Waals surface area contributed by atoms with Gasteiger partial charge >= 0.3 is 6.09 Å². The lowest BCUT2D eigenvalue weighted by molar-refractivity contribution is -0.131. The molecule has 1 aliphatic rings. The summed E-state index contributed by atoms with van der Waals surface area (Å²) in [6.45, 7) is 6.13. The summed E-state index contributed by atoms with van der Waals surface area (Å²) in [4.78, 5) is 37.6. The van der Waals surface area contributed by atoms with Crippen LogP contribution in [0.4, 0.5) is 9.18 Å². The average Bonchev–Trinajstić information content (AvgIpc) is 2.59. The van der Waals surface area contributed by atoms with Gasteiger partial charge in [0.1, 0.15) is 18.0 Å². The maximum absolute atomic E-state index is 13.2. The summed E-state index contributed by atoms with van der Waals surface area (Å²) in [6, 6.07) is 5.98. The molecule has 0 saturated carbocycles. The molecule has 28 heavy (non-hydrogen) atoms. The van der Waals surface area contributed by atoms with E-state index < -0.39 is 11.7 Å². The molecule has 1 aromatic carbocycles. The summed E-state index contributed by atoms with van der Waals surface area (Å²) in [5.41, 5.74) is 0.0273. The van der Waals surface area contributed by atoms with Crippen molar-refractivity contribution in [2.75, 3.05) is 19.6 Å². The van der Waals surface area contributed by atoms with Crippen LogP contribution in [0.1, 0.15) is 39.2 Å². The smallest absolute Gasteiger partial charge is 0.408 e. The van der Waals surface area contributed by atoms with Gasteiger partial charge in [-0.3, -0.25) is 9.59 Å². The summed E-state index contributed by atoms with van der Waals surface area (Å²) in [5.74, 6) is -0.705. The number of amides is 3. The highest BCUT2D eigenvalue weighted by atomic mass is 19.1. The van der Waals surface area contributed by atoms with E-state index in [-0.39, 0.29) is 36.6 Å². The van der Waals surface area contributed by atoms with Crippen molar-refractivity contribution in [2.24, 2.45) is 0 Å². The second kappa shape index (κ2) is 9.52. The van der Waals surface area contributed by atoms with Crippen molar-refractivity contribution < 1.29 is 23.5 Å². The zero-order chi connectivity index (χ0) is 20.7. The highest BCUT2D eigenvalue weighted by molar-refractivity contribution is 5.82. The highest BCUT2D eigenvalue weighted by Crippen LogP contribution is 2.13. The van der Waals surface area contributed by atoms with Crippen LogP contribution in [0.25, 0.3) is 0 Å². The molecule has 8 heteroatoms. The SMILES string of the molecule is CC(C)(C)OC(=O)NCC(=O)NC1CCN(C(=O)Cc2cccc(F)c2)CC1. The Labute approximate surface area is 164 Å². The molecule has 0 bridgehead atoms. The molecule has 3 amide bonds. The first-order chi connectivity index (χ1) is 13.1. The van der Waals surface area contributed by atoms with Gasteiger partial charge < -0.3 is 20.3 Å². The Balaban J connectivity index is 1.69. The Morgan fingerprint density at radius 3 is 2.50 bits per heavy atom. The number of nitrogens with one attached hydrogen (secondary N) is 2. The maximum Gasteiger partial charge on any atom is 0.408 e. The average molecular weight is 393 g/mol. The number of hydrogen-bond acceptors (Lipinski definition) is 4. The molecule has 154 valence electrons. The second-order valence-corrected chi connectivity index (χ2v) is 7.88. The Morgan fingerprint density at radius 2 is 1.89 bits per heavy atom. The maximum atomic E-state index is 13.2. The molecule has 0 unspecified atom stereocenters. The lowest BCUT2D eigenvalue weighted by atomic mass is 10.0. The van der Waals surface area contributed by atoms with E-state index in [0.29, 0.717) is 31.5 Å². The van der Waals surface area contributed by atoms with Crippen molar-refractivity contribution in [3.8, 4) is 0 Å². The molecule has 0 radical (unpaired) electrons. The van der Waals surface area contributed by atoms with Crippen molar-refractivity contribution >= 4 is 17.9 Å². The first-order valence-corrected chi connectivity index (χ1v) is 9.41. The molecule has 0 atom stereocenters. The summed E-state index contributed by atoms with van der Waals surface area (Å²) in [6.07, 6.45) is 0.787. The molecule has 7 nitrogen and oxygen atoms in total. The van der Waals surface area contributed by atoms with Crippen molar-refractivity contribution in [1.82, 2.24) is 15.5 Å². The van der Waals surface area contributed by atoms with Crippen LogP contribution in [-0.2, 0) is 20.7 Å². The summed E-state index contributed by atoms with van der Waals surface area (Å²) >= 11 is 0. The van der Waals surface area contributed by atoms with E-state index >= 15 is 0 Å². The highest BCUT2D eigenvalue weighted by Gasteiger charge is 2.24. The Morgan fingerprint density at radius 1 is 1.21 bits per heavy atom. The molecular weight excluding hydrogens is 365 g/mol. The normalized spacial score (nSPS) is 15.1. The van der Waals surface area contributed by atoms with Crippen LogP contribution in [0.5, 0.6) is 0 Å². The van der Waals surface area contributed by atoms with Crippen LogP contribution in [0, 0.1) is 5.82 Å². The number of ether oxygens (including phenoxy) is 1. The zero-order valence-electron chi connectivity index (χ0n) is 16.6. The lowest BCUT2D eigenvalue weighted by Gasteiger charge is -2.32. The van der Waals surface area contributed by atoms with Crippen LogP contribution in [0.2, 0.25) is 0 Å². The number of carbonyl (C=O) groups excluding carboxylic acids is 3. The minimum atomic E-state index is -0.639. The number of rotatable bonds is 5. The molecule has 1 aromatic rings. The molecule has 2 N–H and O–H groups in total. The summed E-state index contributed by atoms with van der Waals surface area (Å²) in [5, 5.41) is 5.28. The van der Waals surface area contributed by atoms with Crippen LogP contribution in [0.3, 0.4) is 0 Å². The van der Waals surface area contributed by atoms with E-state index in [4.69, 9.17) is 4.74 Å². The number of halogens is 1. The topological polar surface area (TPSA) is 87.7 Å². The largest absolute Gasteiger partial charge is 0.444 e. The van der Waals surface area contributed by atoms with E-state index in [1.807, 2.05) is 0 Å². The van der Waals surface area contributed by atoms with Crippen LogP contribution >= 0.6 is 0 Å². The Kier molecular flexibility index (Phi) is 7.37. The van der Waals surface area contributed by atoms with E-state index in [9.17, 15) is 18.8 Å². The standard InChI is InChI=1S/C20H28FN3O4/c1-20(2,3)28-19(27)22-13-17(25)23-16-7-9-24(10-8-16)18(26)12-14-5-4-6-15(21)11-14/h4-6,11,16H,7-10,12-13H2,1-3H3,(H,22,27)(H,23,25). The zero-order valence-corrected chi connectivity index (χ0v) is 16.6. The predicted octanol–water partition coefficient (Wildman–Crippen LogP) is 2.00. The molecule has 1 saturated heterocycles. The summed E-state index contributed by atoms with van der Waals surface area (Å²) in [7, 11) is 0. The van der Waals surface area contributed by atoms with Gasteiger partial charge in [-0.25, -0.2) is 9.18 Å². The molecule has 0 aromatic heterocycles. The van der Waals surface area contributed by atoms with Gasteiger partial charge in [0.25, 0.3) is 0 Å². The molecule has 0 aliphatic carbocycles. The first-order valence-electron chi connectivity index (χ1n) is 9.41. The van der Waals surface area contributed by atoms with Gasteiger partial charge in [0.2, 0.25) is 11.8 Å². The monoisotopic (exact) mass is 393 g/mol. The fraction of sp³-hybridized carbons (Fsp3) is 0.550. The third kappa shape index (κ3) is 7.54. The molecule has 1 heterocycles. The van der Waals surface area contributed by atoms with Gasteiger partial charge in [-0.15, -0.1) is 0 Å². The van der Waals surface area contributed by atoms with Gasteiger partial charge in [-0.2, -0.15) is 0 Å². The molecule has 1 aliphatic heterocycles. The Bertz CT molecular complexity index is 710. The van der Waals surface area contributed by atoms with Crippen LogP contribution in [0.15, 0.2) is 24.3 Å². The van der Waals surface area contributed by atoms with Crippen LogP contribution < -0.4 is 10.6 Å². The Hall–Kier alpha value is -2.64. The number of alkyl carbamates (subject to hydrolysis) is 1. The minimum absolute atomic E-state index is 0.0499. The van der Waals surface area contributed by atoms with Gasteiger partial charge in [-0.1, -0.05) is 12.1 Å². The third-order valence-corrected chi connectivity index (χ3v) is 4.25. The number of nitrogens with zero attached hydrogens (tertiary/aromatic N) is 1. The number of hydrogen-bond donors (Lipinski definition) is 2. The quantitative estimate of drug-likeness (QED) is 0.801. The number of likely N-dealkylation sites (tertiary alicyclic amines) is 1. The minimum Gasteiger partial charge on any atom is -0.444 e. The van der Waals surface area contributed by atoms with E-state index in [0.717, 1.165) is 0 Å². The molecular formula is C20H28FN3O4. The fourth-order valence-corrected chi connectivity index (χ4v) is 2.95. The van der Waals surface area contributed by atoms with Gasteiger partial charge in [0, 0.05) is 19.1 Å². The van der Waals surface area contributed by atoms with Crippen LogP contribution in [-0.4, -0.2) is 54.1 Å². The first kappa shape index (κ1) is 21.7. The van der Waals surface area contributed by atoms with Crippen molar-refractivity contribution in [3.63, 3.8) is 0 Å². The van der Waals surface area contributed by atoms with E-state index in [1.165, 1.54) is 12.1 Å². The number of piperidine rings is 1. The van der Waals surface area contributed by atoms with Crippen molar-refractivity contribution in [1.29, 1.82) is 0 Å². The van der Waals surface area contributed by atoms with Crippen molar-refractivity contribution in [3.05, 3.63) is 35.6 Å². The predicted molar refractivity (Wildman–Crippen MR) is 102 cm³/mol. The molecule has 2 rings (SSSR count). The molecule has 1 fully saturated rings. The number of carbonyl (C=O) groups is 3. The van der Waals surface area contributed by atoms with Gasteiger partial charge in [0.15, 0.2) is 0 Å². The van der Waals surface area contributed by atoms with E-state index in [2.05, 4.69) is 10.6 Å². The lowest BCUT2D eigenvalue weighted by Crippen LogP contribution is -2.49. The number of benzene rings is 1. The fourth-order valence-electron chi connectivity index (χ4n) is 2.95. The van der Waals surface area contributed by atoms with Gasteiger partial charge in [-0.05, 0) is 51.3 Å². The third-order valence-electron chi connectivity index (χ3n) is 4.25. The van der Waals surface area contributed by atoms with Gasteiger partial charge in [0.05, 0.1) is 6.42 Å². The van der Waals surface area contributed by atoms with Crippen molar-refractivity contribution in [2.45, 2.75) is 51.7 Å². The summed E-state index contributed by atoms with van der Waals surface area (Å²) < 4.78 is 18.3. The molecule has 0 spiro atoms. The second-order valence-electron chi connectivity index (χ2n) is 7.88.